The van der Waals surface area contributed by atoms with Crippen LogP contribution in [-0.2, 0) is 14.8 Å². The van der Waals surface area contributed by atoms with Crippen LogP contribution in [-0.4, -0.2) is 54.5 Å². The highest BCUT2D eigenvalue weighted by Gasteiger charge is 2.19. The van der Waals surface area contributed by atoms with Crippen LogP contribution in [0.2, 0.25) is 0 Å². The summed E-state index contributed by atoms with van der Waals surface area (Å²) in [6.45, 7) is 2.86. The predicted octanol–water partition coefficient (Wildman–Crippen LogP) is 2.75. The number of amides is 1. The van der Waals surface area contributed by atoms with Gasteiger partial charge in [0.05, 0.1) is 32.7 Å². The normalized spacial score (nSPS) is 11.0. The van der Waals surface area contributed by atoms with E-state index in [1.165, 1.54) is 18.5 Å². The number of benzene rings is 2. The number of ether oxygens (including phenoxy) is 3. The molecule has 0 aromatic heterocycles. The fourth-order valence-electron chi connectivity index (χ4n) is 3.01. The quantitative estimate of drug-likeness (QED) is 0.500. The molecule has 2 aromatic rings. The number of methoxy groups -OCH3 is 2. The molecule has 2 aromatic carbocycles. The smallest absolute Gasteiger partial charge is 0.232 e. The van der Waals surface area contributed by atoms with Gasteiger partial charge in [0.15, 0.2) is 11.5 Å². The van der Waals surface area contributed by atoms with E-state index in [9.17, 15) is 13.2 Å². The Bertz CT molecular complexity index is 978. The van der Waals surface area contributed by atoms with Crippen molar-refractivity contribution in [3.63, 3.8) is 0 Å². The molecule has 0 aliphatic rings. The van der Waals surface area contributed by atoms with Gasteiger partial charge in [0, 0.05) is 19.0 Å². The summed E-state index contributed by atoms with van der Waals surface area (Å²) >= 11 is 0. The second kappa shape index (κ2) is 11.5. The Hall–Kier alpha value is -2.94. The van der Waals surface area contributed by atoms with E-state index in [0.29, 0.717) is 36.8 Å². The molecule has 0 aliphatic carbocycles. The summed E-state index contributed by atoms with van der Waals surface area (Å²) in [6.07, 6.45) is 1.70. The van der Waals surface area contributed by atoms with Gasteiger partial charge in [-0.2, -0.15) is 0 Å². The Morgan fingerprint density at radius 3 is 2.39 bits per heavy atom. The Labute approximate surface area is 184 Å². The van der Waals surface area contributed by atoms with E-state index in [-0.39, 0.29) is 18.9 Å². The van der Waals surface area contributed by atoms with E-state index in [0.717, 1.165) is 17.6 Å². The summed E-state index contributed by atoms with van der Waals surface area (Å²) in [5.41, 5.74) is 1.48. The number of nitrogens with zero attached hydrogens (tertiary/aromatic N) is 1. The van der Waals surface area contributed by atoms with Crippen LogP contribution in [0.1, 0.15) is 18.4 Å². The second-order valence-electron chi connectivity index (χ2n) is 6.94. The van der Waals surface area contributed by atoms with Gasteiger partial charge in [0.1, 0.15) is 12.4 Å². The van der Waals surface area contributed by atoms with E-state index >= 15 is 0 Å². The first-order chi connectivity index (χ1) is 14.8. The molecule has 0 heterocycles. The van der Waals surface area contributed by atoms with Crippen molar-refractivity contribution in [2.45, 2.75) is 19.8 Å². The molecule has 1 N–H and O–H groups in total. The average Bonchev–Trinajstić information content (AvgIpc) is 2.74. The second-order valence-corrected chi connectivity index (χ2v) is 8.85. The minimum atomic E-state index is -3.53. The van der Waals surface area contributed by atoms with Gasteiger partial charge in [-0.05, 0) is 37.1 Å². The number of aryl methyl sites for hydroxylation is 1. The summed E-state index contributed by atoms with van der Waals surface area (Å²) < 4.78 is 41.9. The lowest BCUT2D eigenvalue weighted by atomic mass is 10.2. The molecule has 1 amide bonds. The molecule has 0 atom stereocenters. The van der Waals surface area contributed by atoms with Gasteiger partial charge in [-0.15, -0.1) is 0 Å². The zero-order valence-corrected chi connectivity index (χ0v) is 19.2. The molecular weight excluding hydrogens is 420 g/mol. The van der Waals surface area contributed by atoms with Gasteiger partial charge in [0.25, 0.3) is 0 Å². The molecule has 0 saturated carbocycles. The maximum Gasteiger partial charge on any atom is 0.232 e. The summed E-state index contributed by atoms with van der Waals surface area (Å²) in [6, 6.07) is 12.6. The molecule has 2 rings (SSSR count). The average molecular weight is 451 g/mol. The molecule has 31 heavy (non-hydrogen) atoms. The van der Waals surface area contributed by atoms with Gasteiger partial charge >= 0.3 is 0 Å². The van der Waals surface area contributed by atoms with Gasteiger partial charge in [0.2, 0.25) is 15.9 Å². The van der Waals surface area contributed by atoms with Gasteiger partial charge < -0.3 is 19.5 Å². The third kappa shape index (κ3) is 7.36. The number of carbonyl (C=O) groups is 1. The van der Waals surface area contributed by atoms with Crippen molar-refractivity contribution in [2.24, 2.45) is 0 Å². The van der Waals surface area contributed by atoms with Crippen molar-refractivity contribution >= 4 is 21.6 Å². The molecule has 0 bridgehead atoms. The van der Waals surface area contributed by atoms with E-state index in [4.69, 9.17) is 14.2 Å². The minimum Gasteiger partial charge on any atom is -0.493 e. The Balaban J connectivity index is 1.84. The number of hydrogen-bond acceptors (Lipinski definition) is 6. The van der Waals surface area contributed by atoms with Crippen LogP contribution in [0.3, 0.4) is 0 Å². The Morgan fingerprint density at radius 2 is 1.74 bits per heavy atom. The molecule has 9 heteroatoms. The zero-order valence-electron chi connectivity index (χ0n) is 18.4. The van der Waals surface area contributed by atoms with Crippen molar-refractivity contribution in [1.82, 2.24) is 5.32 Å². The Kier molecular flexibility index (Phi) is 8.99. The lowest BCUT2D eigenvalue weighted by Crippen LogP contribution is -2.33. The SMILES string of the molecule is COc1ccc(N(CCCC(=O)NCCOc2ccccc2C)S(C)(=O)=O)cc1OC. The first-order valence-corrected chi connectivity index (χ1v) is 11.8. The number of sulfonamides is 1. The highest BCUT2D eigenvalue weighted by atomic mass is 32.2. The molecule has 8 nitrogen and oxygen atoms in total. The summed E-state index contributed by atoms with van der Waals surface area (Å²) in [7, 11) is -0.535. The standard InChI is InChI=1S/C22H30N2O6S/c1-17-8-5-6-9-19(17)30-15-13-23-22(25)10-7-14-24(31(4,26)27)18-11-12-20(28-2)21(16-18)29-3/h5-6,8-9,11-12,16H,7,10,13-15H2,1-4H3,(H,23,25). The first-order valence-electron chi connectivity index (χ1n) is 9.91. The summed E-state index contributed by atoms with van der Waals surface area (Å²) in [5.74, 6) is 1.57. The van der Waals surface area contributed by atoms with Crippen LogP contribution in [0.15, 0.2) is 42.5 Å². The highest BCUT2D eigenvalue weighted by molar-refractivity contribution is 7.92. The number of carbonyl (C=O) groups excluding carboxylic acids is 1. The van der Waals surface area contributed by atoms with Crippen LogP contribution in [0.5, 0.6) is 17.2 Å². The largest absolute Gasteiger partial charge is 0.493 e. The third-order valence-corrected chi connectivity index (χ3v) is 5.79. The van der Waals surface area contributed by atoms with E-state index < -0.39 is 10.0 Å². The highest BCUT2D eigenvalue weighted by Crippen LogP contribution is 2.32. The van der Waals surface area contributed by atoms with E-state index in [1.807, 2.05) is 31.2 Å². The molecule has 0 unspecified atom stereocenters. The number of para-hydroxylation sites is 1. The predicted molar refractivity (Wildman–Crippen MR) is 121 cm³/mol. The van der Waals surface area contributed by atoms with Crippen LogP contribution >= 0.6 is 0 Å². The van der Waals surface area contributed by atoms with Gasteiger partial charge in [-0.1, -0.05) is 18.2 Å². The lowest BCUT2D eigenvalue weighted by Gasteiger charge is -2.23. The summed E-state index contributed by atoms with van der Waals surface area (Å²) in [4.78, 5) is 12.1. The fraction of sp³-hybridized carbons (Fsp3) is 0.409. The lowest BCUT2D eigenvalue weighted by molar-refractivity contribution is -0.121. The third-order valence-electron chi connectivity index (χ3n) is 4.60. The monoisotopic (exact) mass is 450 g/mol. The molecule has 170 valence electrons. The van der Waals surface area contributed by atoms with Gasteiger partial charge in [-0.3, -0.25) is 9.10 Å². The first kappa shape index (κ1) is 24.3. The van der Waals surface area contributed by atoms with Crippen molar-refractivity contribution in [1.29, 1.82) is 0 Å². The van der Waals surface area contributed by atoms with E-state index in [1.54, 1.807) is 18.2 Å². The molecule has 0 radical (unpaired) electrons. The topological polar surface area (TPSA) is 94.2 Å². The van der Waals surface area contributed by atoms with Crippen molar-refractivity contribution in [3.05, 3.63) is 48.0 Å². The minimum absolute atomic E-state index is 0.158. The number of anilines is 1. The van der Waals surface area contributed by atoms with Crippen LogP contribution in [0.25, 0.3) is 0 Å². The molecule has 0 aliphatic heterocycles. The van der Waals surface area contributed by atoms with Gasteiger partial charge in [-0.25, -0.2) is 8.42 Å². The van der Waals surface area contributed by atoms with Crippen molar-refractivity contribution in [3.8, 4) is 17.2 Å². The van der Waals surface area contributed by atoms with Crippen LogP contribution in [0, 0.1) is 6.92 Å². The fourth-order valence-corrected chi connectivity index (χ4v) is 3.97. The maximum absolute atomic E-state index is 12.3. The van der Waals surface area contributed by atoms with Crippen molar-refractivity contribution < 1.29 is 27.4 Å². The maximum atomic E-state index is 12.3. The number of rotatable bonds is 12. The van der Waals surface area contributed by atoms with Crippen LogP contribution < -0.4 is 23.8 Å². The molecule has 0 spiro atoms. The zero-order chi connectivity index (χ0) is 22.9. The number of nitrogens with one attached hydrogen (secondary N) is 1. The van der Waals surface area contributed by atoms with E-state index in [2.05, 4.69) is 5.32 Å². The molecular formula is C22H30N2O6S. The van der Waals surface area contributed by atoms with Crippen LogP contribution in [0.4, 0.5) is 5.69 Å². The summed E-state index contributed by atoms with van der Waals surface area (Å²) in [5, 5.41) is 2.79. The molecule has 0 fully saturated rings. The number of hydrogen-bond donors (Lipinski definition) is 1. The van der Waals surface area contributed by atoms with Crippen molar-refractivity contribution in [2.75, 3.05) is 44.5 Å². The Morgan fingerprint density at radius 1 is 1.03 bits per heavy atom. The molecule has 0 saturated heterocycles.